The highest BCUT2D eigenvalue weighted by Gasteiger charge is 2.53. The number of benzene rings is 18. The standard InChI is InChI=1S/C111H82N6/c1-80-32-29-53-96(72-80)115(91-47-23-8-24-48-91)94-60-56-83(57-61-94)84-58-62-95(63-59-84)116(92-49-25-9-26-50-92)97-54-30-33-81(74-97)73-82-34-31-55-98(75-82)117(93-51-27-10-28-52-93)102-67-71-106-105-70-66-101(114(89-43-19-6-20-44-89)90-45-21-7-22-46-90)78-109(105)111(110(106)79-102)107-76-99(112(85-35-11-2-12-36-85)86-37-13-3-14-38-86)64-68-103(107)104-69-65-100(77-108(104)111)113(87-39-15-4-16-40-87)88-41-17-5-18-42-88/h2-72,74-79H,73H2,1H3. The molecule has 0 heterocycles. The molecule has 0 radical (unpaired) electrons. The Kier molecular flexibility index (Phi) is 18.8. The summed E-state index contributed by atoms with van der Waals surface area (Å²) in [5.74, 6) is 0. The van der Waals surface area contributed by atoms with Crippen LogP contribution in [0.1, 0.15) is 38.9 Å². The Balaban J connectivity index is 0.720. The van der Waals surface area contributed by atoms with Crippen LogP contribution < -0.4 is 29.4 Å². The summed E-state index contributed by atoms with van der Waals surface area (Å²) in [7, 11) is 0. The summed E-state index contributed by atoms with van der Waals surface area (Å²) in [5.41, 5.74) is 33.9. The van der Waals surface area contributed by atoms with Gasteiger partial charge < -0.3 is 29.4 Å². The van der Waals surface area contributed by atoms with E-state index in [4.69, 9.17) is 0 Å². The first-order chi connectivity index (χ1) is 57.9. The van der Waals surface area contributed by atoms with Crippen molar-refractivity contribution in [1.29, 1.82) is 0 Å². The molecule has 0 fully saturated rings. The van der Waals surface area contributed by atoms with E-state index in [2.05, 4.69) is 503 Å². The monoisotopic (exact) mass is 1500 g/mol. The molecule has 0 atom stereocenters. The van der Waals surface area contributed by atoms with Gasteiger partial charge in [0.15, 0.2) is 0 Å². The van der Waals surface area contributed by atoms with Gasteiger partial charge in [0, 0.05) is 102 Å². The molecule has 0 aromatic heterocycles. The molecule has 6 heteroatoms. The third kappa shape index (κ3) is 13.4. The predicted molar refractivity (Wildman–Crippen MR) is 490 cm³/mol. The summed E-state index contributed by atoms with van der Waals surface area (Å²) in [6, 6.07) is 171. The smallest absolute Gasteiger partial charge is 0.0728 e. The third-order valence-electron chi connectivity index (χ3n) is 23.0. The van der Waals surface area contributed by atoms with Gasteiger partial charge in [-0.1, -0.05) is 249 Å². The van der Waals surface area contributed by atoms with Crippen molar-refractivity contribution < 1.29 is 0 Å². The van der Waals surface area contributed by atoms with E-state index in [1.807, 2.05) is 0 Å². The molecule has 2 aliphatic carbocycles. The lowest BCUT2D eigenvalue weighted by Crippen LogP contribution is -2.27. The van der Waals surface area contributed by atoms with Crippen molar-refractivity contribution in [3.63, 3.8) is 0 Å². The van der Waals surface area contributed by atoms with Gasteiger partial charge in [-0.3, -0.25) is 0 Å². The molecule has 0 amide bonds. The Bertz CT molecular complexity index is 6150. The van der Waals surface area contributed by atoms with Gasteiger partial charge in [-0.05, 0) is 304 Å². The summed E-state index contributed by atoms with van der Waals surface area (Å²) >= 11 is 0. The minimum absolute atomic E-state index is 0.700. The van der Waals surface area contributed by atoms with Crippen LogP contribution in [0.5, 0.6) is 0 Å². The summed E-state index contributed by atoms with van der Waals surface area (Å²) in [6.45, 7) is 2.15. The highest BCUT2D eigenvalue weighted by Crippen LogP contribution is 2.66. The molecular formula is C111H82N6. The Morgan fingerprint density at radius 1 is 0.162 bits per heavy atom. The first-order valence-corrected chi connectivity index (χ1v) is 40.2. The maximum absolute atomic E-state index is 2.54. The molecule has 2 aliphatic rings. The van der Waals surface area contributed by atoms with Gasteiger partial charge in [0.1, 0.15) is 0 Å². The van der Waals surface area contributed by atoms with E-state index in [-0.39, 0.29) is 0 Å². The molecule has 117 heavy (non-hydrogen) atoms. The molecule has 18 aromatic carbocycles. The second kappa shape index (κ2) is 31.0. The van der Waals surface area contributed by atoms with E-state index in [0.29, 0.717) is 6.42 Å². The van der Waals surface area contributed by atoms with Gasteiger partial charge in [0.05, 0.1) is 5.41 Å². The van der Waals surface area contributed by atoms with Crippen LogP contribution in [-0.4, -0.2) is 0 Å². The molecule has 1 spiro atoms. The molecule has 0 aliphatic heterocycles. The van der Waals surface area contributed by atoms with Crippen molar-refractivity contribution in [3.8, 4) is 33.4 Å². The average molecular weight is 1500 g/mol. The molecule has 6 nitrogen and oxygen atoms in total. The van der Waals surface area contributed by atoms with Crippen LogP contribution in [0.15, 0.2) is 467 Å². The lowest BCUT2D eigenvalue weighted by molar-refractivity contribution is 0.793. The Morgan fingerprint density at radius 2 is 0.350 bits per heavy atom. The number of rotatable bonds is 21. The number of para-hydroxylation sites is 9. The minimum Gasteiger partial charge on any atom is -0.310 e. The van der Waals surface area contributed by atoms with Crippen molar-refractivity contribution >= 4 is 102 Å². The molecule has 0 saturated carbocycles. The summed E-state index contributed by atoms with van der Waals surface area (Å²) in [4.78, 5) is 14.4. The lowest BCUT2D eigenvalue weighted by Gasteiger charge is -2.35. The van der Waals surface area contributed by atoms with E-state index in [0.717, 1.165) is 113 Å². The molecule has 0 unspecified atom stereocenters. The summed E-state index contributed by atoms with van der Waals surface area (Å²) in [5, 5.41) is 0. The number of hydrogen-bond donors (Lipinski definition) is 0. The highest BCUT2D eigenvalue weighted by atomic mass is 15.2. The molecule has 20 rings (SSSR count). The maximum Gasteiger partial charge on any atom is 0.0728 e. The van der Waals surface area contributed by atoms with Crippen LogP contribution in [0.4, 0.5) is 102 Å². The second-order valence-corrected chi connectivity index (χ2v) is 30.2. The predicted octanol–water partition coefficient (Wildman–Crippen LogP) is 30.4. The average Bonchev–Trinajstić information content (AvgIpc) is 1.50. The van der Waals surface area contributed by atoms with Crippen LogP contribution in [-0.2, 0) is 11.8 Å². The highest BCUT2D eigenvalue weighted by molar-refractivity contribution is 6.00. The fraction of sp³-hybridized carbons (Fsp3) is 0.0270. The number of anilines is 18. The molecule has 0 bridgehead atoms. The number of fused-ring (bicyclic) bond motifs is 10. The quantitative estimate of drug-likeness (QED) is 0.0709. The fourth-order valence-corrected chi connectivity index (χ4v) is 17.8. The zero-order valence-corrected chi connectivity index (χ0v) is 64.8. The van der Waals surface area contributed by atoms with Gasteiger partial charge in [-0.15, -0.1) is 0 Å². The first-order valence-electron chi connectivity index (χ1n) is 40.2. The minimum atomic E-state index is -0.907. The van der Waals surface area contributed by atoms with Gasteiger partial charge in [0.2, 0.25) is 0 Å². The van der Waals surface area contributed by atoms with E-state index < -0.39 is 5.41 Å². The summed E-state index contributed by atoms with van der Waals surface area (Å²) in [6.07, 6.45) is 0.700. The third-order valence-corrected chi connectivity index (χ3v) is 23.0. The van der Waals surface area contributed by atoms with Crippen molar-refractivity contribution in [3.05, 3.63) is 506 Å². The molecule has 18 aromatic rings. The zero-order chi connectivity index (χ0) is 78.0. The van der Waals surface area contributed by atoms with Crippen molar-refractivity contribution in [1.82, 2.24) is 0 Å². The molecule has 556 valence electrons. The SMILES string of the molecule is Cc1cccc(N(c2ccccc2)c2ccc(-c3ccc(N(c4ccccc4)c4cccc(Cc5cccc(N(c6ccccc6)c6ccc7c(c6)C6(c8cc(N(c9ccccc9)c9ccccc9)ccc8-c8ccc(N(c9ccccc9)c9ccccc9)cc86)c6cc(N(c8ccccc8)c8ccccc8)ccc6-7)c5)c4)cc3)cc2)c1. The van der Waals surface area contributed by atoms with E-state index in [9.17, 15) is 0 Å². The van der Waals surface area contributed by atoms with Crippen molar-refractivity contribution in [2.45, 2.75) is 18.8 Å². The zero-order valence-electron chi connectivity index (χ0n) is 64.8. The largest absolute Gasteiger partial charge is 0.310 e. The number of nitrogens with zero attached hydrogens (tertiary/aromatic N) is 6. The molecule has 0 saturated heterocycles. The van der Waals surface area contributed by atoms with Crippen LogP contribution in [0.3, 0.4) is 0 Å². The van der Waals surface area contributed by atoms with Gasteiger partial charge >= 0.3 is 0 Å². The van der Waals surface area contributed by atoms with Crippen LogP contribution in [0.25, 0.3) is 33.4 Å². The second-order valence-electron chi connectivity index (χ2n) is 30.2. The lowest BCUT2D eigenvalue weighted by atomic mass is 9.70. The Hall–Kier alpha value is -15.2. The number of aryl methyl sites for hydroxylation is 1. The first kappa shape index (κ1) is 70.8. The van der Waals surface area contributed by atoms with Crippen molar-refractivity contribution in [2.24, 2.45) is 0 Å². The van der Waals surface area contributed by atoms with E-state index in [1.165, 1.54) is 61.2 Å². The normalized spacial score (nSPS) is 11.9. The van der Waals surface area contributed by atoms with Gasteiger partial charge in [-0.25, -0.2) is 0 Å². The molecule has 0 N–H and O–H groups in total. The molecular weight excluding hydrogens is 1420 g/mol. The van der Waals surface area contributed by atoms with Gasteiger partial charge in [-0.2, -0.15) is 0 Å². The van der Waals surface area contributed by atoms with Gasteiger partial charge in [0.25, 0.3) is 0 Å². The van der Waals surface area contributed by atoms with E-state index >= 15 is 0 Å². The van der Waals surface area contributed by atoms with Crippen LogP contribution in [0, 0.1) is 6.92 Å². The van der Waals surface area contributed by atoms with Crippen LogP contribution in [0.2, 0.25) is 0 Å². The number of hydrogen-bond acceptors (Lipinski definition) is 6. The topological polar surface area (TPSA) is 19.4 Å². The fourth-order valence-electron chi connectivity index (χ4n) is 17.8. The van der Waals surface area contributed by atoms with E-state index in [1.54, 1.807) is 0 Å². The Labute approximate surface area is 685 Å². The maximum atomic E-state index is 2.54. The van der Waals surface area contributed by atoms with Crippen molar-refractivity contribution in [2.75, 3.05) is 29.4 Å². The van der Waals surface area contributed by atoms with Crippen LogP contribution >= 0.6 is 0 Å². The summed E-state index contributed by atoms with van der Waals surface area (Å²) < 4.78 is 0. The Morgan fingerprint density at radius 3 is 0.590 bits per heavy atom.